The van der Waals surface area contributed by atoms with Crippen molar-refractivity contribution in [2.75, 3.05) is 23.7 Å². The molecule has 0 saturated carbocycles. The van der Waals surface area contributed by atoms with Crippen molar-refractivity contribution in [3.05, 3.63) is 63.1 Å². The second-order valence-corrected chi connectivity index (χ2v) is 11.1. The maximum atomic E-state index is 13.4. The highest BCUT2D eigenvalue weighted by Crippen LogP contribution is 2.27. The number of anilines is 1. The van der Waals surface area contributed by atoms with Crippen LogP contribution in [0.5, 0.6) is 0 Å². The van der Waals surface area contributed by atoms with Crippen molar-refractivity contribution >= 4 is 62.3 Å². The van der Waals surface area contributed by atoms with Gasteiger partial charge in [-0.2, -0.15) is 0 Å². The lowest BCUT2D eigenvalue weighted by molar-refractivity contribution is -0.141. The zero-order valence-corrected chi connectivity index (χ0v) is 23.0. The van der Waals surface area contributed by atoms with Crippen LogP contribution in [0.4, 0.5) is 5.69 Å². The van der Waals surface area contributed by atoms with Crippen molar-refractivity contribution in [1.29, 1.82) is 0 Å². The Bertz CT molecular complexity index is 1110. The summed E-state index contributed by atoms with van der Waals surface area (Å²) in [7, 11) is -3.58. The van der Waals surface area contributed by atoms with E-state index in [0.29, 0.717) is 39.3 Å². The average molecular weight is 563 g/mol. The summed E-state index contributed by atoms with van der Waals surface area (Å²) in [5.74, 6) is -0.575. The summed E-state index contributed by atoms with van der Waals surface area (Å²) in [6.45, 7) is 4.19. The number of carbonyl (C=O) groups is 2. The summed E-state index contributed by atoms with van der Waals surface area (Å²) in [6, 6.07) is 10.8. The normalized spacial score (nSPS) is 12.2. The minimum absolute atomic E-state index is 0.0254. The topological polar surface area (TPSA) is 86.8 Å². The highest BCUT2D eigenvalue weighted by Gasteiger charge is 2.29. The summed E-state index contributed by atoms with van der Waals surface area (Å²) in [5, 5.41) is 4.05. The molecule has 2 amide bonds. The molecule has 0 aliphatic heterocycles. The number of amides is 2. The van der Waals surface area contributed by atoms with Gasteiger partial charge in [-0.05, 0) is 56.2 Å². The molecule has 2 aromatic rings. The quantitative estimate of drug-likeness (QED) is 0.388. The van der Waals surface area contributed by atoms with Crippen LogP contribution >= 0.6 is 34.8 Å². The van der Waals surface area contributed by atoms with Crippen molar-refractivity contribution in [2.24, 2.45) is 0 Å². The predicted molar refractivity (Wildman–Crippen MR) is 143 cm³/mol. The Morgan fingerprint density at radius 3 is 2.11 bits per heavy atom. The Morgan fingerprint density at radius 1 is 1.00 bits per heavy atom. The van der Waals surface area contributed by atoms with Crippen LogP contribution in [0.1, 0.15) is 38.7 Å². The SMILES string of the molecule is CCNC(=O)[C@H](CC)N(Cc1c(Cl)cccc1Cl)C(=O)CCCN(c1ccc(Cl)cc1)S(C)(=O)=O. The van der Waals surface area contributed by atoms with Gasteiger partial charge in [0.2, 0.25) is 21.8 Å². The van der Waals surface area contributed by atoms with Gasteiger partial charge in [-0.15, -0.1) is 0 Å². The van der Waals surface area contributed by atoms with Crippen LogP contribution in [-0.2, 0) is 26.2 Å². The van der Waals surface area contributed by atoms with E-state index in [1.807, 2.05) is 6.92 Å². The van der Waals surface area contributed by atoms with Gasteiger partial charge >= 0.3 is 0 Å². The van der Waals surface area contributed by atoms with Gasteiger partial charge in [-0.25, -0.2) is 8.42 Å². The number of likely N-dealkylation sites (N-methyl/N-ethyl adjacent to an activating group) is 1. The van der Waals surface area contributed by atoms with Gasteiger partial charge in [0.25, 0.3) is 0 Å². The van der Waals surface area contributed by atoms with Gasteiger partial charge in [0.05, 0.1) is 11.9 Å². The lowest BCUT2D eigenvalue weighted by Crippen LogP contribution is -2.49. The zero-order chi connectivity index (χ0) is 26.2. The largest absolute Gasteiger partial charge is 0.355 e. The number of hydrogen-bond acceptors (Lipinski definition) is 4. The lowest BCUT2D eigenvalue weighted by Gasteiger charge is -2.31. The highest BCUT2D eigenvalue weighted by molar-refractivity contribution is 7.92. The molecule has 0 radical (unpaired) electrons. The second kappa shape index (κ2) is 13.3. The fourth-order valence-electron chi connectivity index (χ4n) is 3.68. The average Bonchev–Trinajstić information content (AvgIpc) is 2.78. The number of nitrogens with zero attached hydrogens (tertiary/aromatic N) is 2. The van der Waals surface area contributed by atoms with E-state index >= 15 is 0 Å². The minimum Gasteiger partial charge on any atom is -0.355 e. The van der Waals surface area contributed by atoms with Crippen LogP contribution < -0.4 is 9.62 Å². The molecule has 0 unspecified atom stereocenters. The molecule has 0 fully saturated rings. The molecule has 35 heavy (non-hydrogen) atoms. The predicted octanol–water partition coefficient (Wildman–Crippen LogP) is 5.14. The smallest absolute Gasteiger partial charge is 0.242 e. The van der Waals surface area contributed by atoms with E-state index in [1.54, 1.807) is 49.4 Å². The Morgan fingerprint density at radius 2 is 1.60 bits per heavy atom. The third-order valence-electron chi connectivity index (χ3n) is 5.39. The fraction of sp³-hybridized carbons (Fsp3) is 0.417. The second-order valence-electron chi connectivity index (χ2n) is 7.96. The van der Waals surface area contributed by atoms with Crippen molar-refractivity contribution in [2.45, 2.75) is 45.7 Å². The van der Waals surface area contributed by atoms with Gasteiger partial charge in [-0.3, -0.25) is 13.9 Å². The molecular weight excluding hydrogens is 533 g/mol. The molecule has 192 valence electrons. The van der Waals surface area contributed by atoms with Crippen molar-refractivity contribution in [3.8, 4) is 0 Å². The van der Waals surface area contributed by atoms with Gasteiger partial charge in [-0.1, -0.05) is 47.8 Å². The molecule has 2 aromatic carbocycles. The zero-order valence-electron chi connectivity index (χ0n) is 19.9. The molecule has 1 N–H and O–H groups in total. The van der Waals surface area contributed by atoms with Crippen LogP contribution in [-0.4, -0.2) is 50.5 Å². The van der Waals surface area contributed by atoms with Crippen LogP contribution in [0.2, 0.25) is 15.1 Å². The standard InChI is InChI=1S/C24H30Cl3N3O4S/c1-4-22(24(32)28-5-2)29(16-19-20(26)8-6-9-21(19)27)23(31)10-7-15-30(35(3,33)34)18-13-11-17(25)12-14-18/h6,8-9,11-14,22H,4-5,7,10,15-16H2,1-3H3,(H,28,32)/t22-/m0/s1. The van der Waals surface area contributed by atoms with Crippen LogP contribution in [0.3, 0.4) is 0 Å². The van der Waals surface area contributed by atoms with Crippen molar-refractivity contribution in [1.82, 2.24) is 10.2 Å². The fourth-order valence-corrected chi connectivity index (χ4v) is 5.28. The Balaban J connectivity index is 2.25. The first-order valence-electron chi connectivity index (χ1n) is 11.2. The summed E-state index contributed by atoms with van der Waals surface area (Å²) in [5.41, 5.74) is 1.00. The van der Waals surface area contributed by atoms with E-state index in [-0.39, 0.29) is 37.7 Å². The maximum Gasteiger partial charge on any atom is 0.242 e. The maximum absolute atomic E-state index is 13.4. The minimum atomic E-state index is -3.58. The summed E-state index contributed by atoms with van der Waals surface area (Å²) in [6.07, 6.45) is 1.77. The van der Waals surface area contributed by atoms with Crippen molar-refractivity contribution in [3.63, 3.8) is 0 Å². The van der Waals surface area contributed by atoms with Gasteiger partial charge in [0.1, 0.15) is 6.04 Å². The number of halogens is 3. The Kier molecular flexibility index (Phi) is 11.1. The molecule has 7 nitrogen and oxygen atoms in total. The van der Waals surface area contributed by atoms with Gasteiger partial charge < -0.3 is 10.2 Å². The first kappa shape index (κ1) is 29.2. The number of nitrogens with one attached hydrogen (secondary N) is 1. The van der Waals surface area contributed by atoms with Crippen LogP contribution in [0.25, 0.3) is 0 Å². The molecular formula is C24H30Cl3N3O4S. The van der Waals surface area contributed by atoms with Crippen LogP contribution in [0, 0.1) is 0 Å². The van der Waals surface area contributed by atoms with Gasteiger partial charge in [0, 0.05) is 46.7 Å². The molecule has 0 aliphatic carbocycles. The van der Waals surface area contributed by atoms with E-state index in [0.717, 1.165) is 6.26 Å². The van der Waals surface area contributed by atoms with Crippen molar-refractivity contribution < 1.29 is 18.0 Å². The Labute approximate surface area is 222 Å². The summed E-state index contributed by atoms with van der Waals surface area (Å²) in [4.78, 5) is 27.6. The monoisotopic (exact) mass is 561 g/mol. The number of hydrogen-bond donors (Lipinski definition) is 1. The molecule has 0 heterocycles. The van der Waals surface area contributed by atoms with E-state index in [4.69, 9.17) is 34.8 Å². The number of carbonyl (C=O) groups excluding carboxylic acids is 2. The molecule has 11 heteroatoms. The number of benzene rings is 2. The summed E-state index contributed by atoms with van der Waals surface area (Å²) >= 11 is 18.6. The first-order chi connectivity index (χ1) is 16.5. The van der Waals surface area contributed by atoms with E-state index in [9.17, 15) is 18.0 Å². The third kappa shape index (κ3) is 8.27. The van der Waals surface area contributed by atoms with Gasteiger partial charge in [0.15, 0.2) is 0 Å². The molecule has 1 atom stereocenters. The Hall–Kier alpha value is -2.00. The molecule has 0 bridgehead atoms. The van der Waals surface area contributed by atoms with Crippen LogP contribution in [0.15, 0.2) is 42.5 Å². The highest BCUT2D eigenvalue weighted by atomic mass is 35.5. The number of sulfonamides is 1. The molecule has 0 spiro atoms. The van der Waals surface area contributed by atoms with E-state index in [2.05, 4.69) is 5.32 Å². The molecule has 2 rings (SSSR count). The molecule has 0 aliphatic rings. The lowest BCUT2D eigenvalue weighted by atomic mass is 10.1. The molecule has 0 aromatic heterocycles. The first-order valence-corrected chi connectivity index (χ1v) is 14.2. The molecule has 0 saturated heterocycles. The van der Waals surface area contributed by atoms with E-state index in [1.165, 1.54) is 9.21 Å². The summed E-state index contributed by atoms with van der Waals surface area (Å²) < 4.78 is 26.0. The number of rotatable bonds is 12. The third-order valence-corrected chi connectivity index (χ3v) is 7.55. The van der Waals surface area contributed by atoms with E-state index < -0.39 is 16.1 Å².